The molecule has 0 bridgehead atoms. The molecular formula is C12H17F2N3. The van der Waals surface area contributed by atoms with Crippen molar-refractivity contribution in [1.82, 2.24) is 4.90 Å². The number of hydrogen-bond donors (Lipinski definition) is 2. The van der Waals surface area contributed by atoms with E-state index in [1.807, 2.05) is 11.8 Å². The molecule has 0 aliphatic rings. The van der Waals surface area contributed by atoms with Crippen LogP contribution in [0.3, 0.4) is 0 Å². The highest BCUT2D eigenvalue weighted by Gasteiger charge is 2.11. The minimum atomic E-state index is -0.450. The van der Waals surface area contributed by atoms with Crippen molar-refractivity contribution in [3.8, 4) is 0 Å². The summed E-state index contributed by atoms with van der Waals surface area (Å²) in [6.07, 6.45) is 0. The SMILES string of the molecule is CC(CN(C)Cc1cc(F)ccc1F)C(=N)N. The predicted molar refractivity (Wildman–Crippen MR) is 63.8 cm³/mol. The van der Waals surface area contributed by atoms with Crippen LogP contribution in [0.15, 0.2) is 18.2 Å². The monoisotopic (exact) mass is 241 g/mol. The standard InChI is InChI=1S/C12H17F2N3/c1-8(12(15)16)6-17(2)7-9-5-10(13)3-4-11(9)14/h3-5,8H,6-7H2,1-2H3,(H3,15,16). The quantitative estimate of drug-likeness (QED) is 0.611. The van der Waals surface area contributed by atoms with Gasteiger partial charge in [-0.3, -0.25) is 5.41 Å². The normalized spacial score (nSPS) is 12.8. The lowest BCUT2D eigenvalue weighted by molar-refractivity contribution is 0.301. The van der Waals surface area contributed by atoms with Gasteiger partial charge in [-0.2, -0.15) is 0 Å². The van der Waals surface area contributed by atoms with Crippen molar-refractivity contribution in [1.29, 1.82) is 5.41 Å². The number of amidine groups is 1. The summed E-state index contributed by atoms with van der Waals surface area (Å²) in [6.45, 7) is 2.65. The smallest absolute Gasteiger partial charge is 0.127 e. The van der Waals surface area contributed by atoms with E-state index in [1.165, 1.54) is 6.07 Å². The lowest BCUT2D eigenvalue weighted by Crippen LogP contribution is -2.32. The second-order valence-electron chi connectivity index (χ2n) is 4.29. The Morgan fingerprint density at radius 1 is 1.47 bits per heavy atom. The molecule has 3 nitrogen and oxygen atoms in total. The zero-order chi connectivity index (χ0) is 13.0. The molecule has 1 rings (SSSR count). The van der Waals surface area contributed by atoms with Crippen molar-refractivity contribution < 1.29 is 8.78 Å². The molecule has 0 saturated heterocycles. The molecule has 0 aliphatic heterocycles. The van der Waals surface area contributed by atoms with E-state index in [2.05, 4.69) is 0 Å². The molecule has 1 aromatic rings. The van der Waals surface area contributed by atoms with Crippen LogP contribution >= 0.6 is 0 Å². The summed E-state index contributed by atoms with van der Waals surface area (Å²) in [5.41, 5.74) is 5.66. The Hall–Kier alpha value is -1.49. The molecule has 0 spiro atoms. The number of hydrogen-bond acceptors (Lipinski definition) is 2. The van der Waals surface area contributed by atoms with Crippen molar-refractivity contribution in [2.75, 3.05) is 13.6 Å². The van der Waals surface area contributed by atoms with Gasteiger partial charge in [-0.05, 0) is 25.2 Å². The van der Waals surface area contributed by atoms with Crippen molar-refractivity contribution in [2.24, 2.45) is 11.7 Å². The first-order chi connectivity index (χ1) is 7.90. The summed E-state index contributed by atoms with van der Waals surface area (Å²) in [5, 5.41) is 7.27. The maximum atomic E-state index is 13.4. The summed E-state index contributed by atoms with van der Waals surface area (Å²) in [5.74, 6) is -0.878. The molecular weight excluding hydrogens is 224 g/mol. The van der Waals surface area contributed by atoms with Gasteiger partial charge in [0.2, 0.25) is 0 Å². The fourth-order valence-corrected chi connectivity index (χ4v) is 1.59. The van der Waals surface area contributed by atoms with Gasteiger partial charge < -0.3 is 10.6 Å². The maximum absolute atomic E-state index is 13.4. The van der Waals surface area contributed by atoms with E-state index in [0.29, 0.717) is 18.7 Å². The lowest BCUT2D eigenvalue weighted by atomic mass is 10.1. The molecule has 5 heteroatoms. The molecule has 0 aliphatic carbocycles. The minimum absolute atomic E-state index is 0.0940. The van der Waals surface area contributed by atoms with Crippen molar-refractivity contribution in [3.63, 3.8) is 0 Å². The number of nitrogens with one attached hydrogen (secondary N) is 1. The van der Waals surface area contributed by atoms with E-state index in [0.717, 1.165) is 12.1 Å². The first-order valence-corrected chi connectivity index (χ1v) is 5.36. The first-order valence-electron chi connectivity index (χ1n) is 5.36. The van der Waals surface area contributed by atoms with E-state index in [9.17, 15) is 8.78 Å². The van der Waals surface area contributed by atoms with Crippen LogP contribution in [-0.4, -0.2) is 24.3 Å². The van der Waals surface area contributed by atoms with E-state index < -0.39 is 11.6 Å². The third kappa shape index (κ3) is 4.11. The van der Waals surface area contributed by atoms with Crippen LogP contribution in [0.5, 0.6) is 0 Å². The Bertz CT molecular complexity index is 407. The van der Waals surface area contributed by atoms with Crippen LogP contribution in [0.4, 0.5) is 8.78 Å². The van der Waals surface area contributed by atoms with E-state index in [-0.39, 0.29) is 11.8 Å². The fraction of sp³-hybridized carbons (Fsp3) is 0.417. The highest BCUT2D eigenvalue weighted by molar-refractivity contribution is 5.79. The van der Waals surface area contributed by atoms with Crippen LogP contribution in [0, 0.1) is 23.0 Å². The molecule has 94 valence electrons. The van der Waals surface area contributed by atoms with Crippen molar-refractivity contribution in [2.45, 2.75) is 13.5 Å². The second kappa shape index (κ2) is 5.72. The van der Waals surface area contributed by atoms with E-state index in [1.54, 1.807) is 7.05 Å². The Labute approximate surface area is 99.7 Å². The third-order valence-corrected chi connectivity index (χ3v) is 2.56. The molecule has 1 unspecified atom stereocenters. The van der Waals surface area contributed by atoms with Gasteiger partial charge >= 0.3 is 0 Å². The Morgan fingerprint density at radius 3 is 2.71 bits per heavy atom. The summed E-state index contributed by atoms with van der Waals surface area (Å²) in [4.78, 5) is 1.81. The first kappa shape index (κ1) is 13.6. The van der Waals surface area contributed by atoms with Crippen LogP contribution in [-0.2, 0) is 6.54 Å². The number of rotatable bonds is 5. The number of nitrogens with two attached hydrogens (primary N) is 1. The van der Waals surface area contributed by atoms with Crippen molar-refractivity contribution >= 4 is 5.84 Å². The Balaban J connectivity index is 2.64. The molecule has 17 heavy (non-hydrogen) atoms. The topological polar surface area (TPSA) is 53.1 Å². The molecule has 1 atom stereocenters. The molecule has 0 fully saturated rings. The average molecular weight is 241 g/mol. The largest absolute Gasteiger partial charge is 0.387 e. The number of nitrogens with zero attached hydrogens (tertiary/aromatic N) is 1. The van der Waals surface area contributed by atoms with E-state index in [4.69, 9.17) is 11.1 Å². The Kier molecular flexibility index (Phi) is 4.57. The van der Waals surface area contributed by atoms with Gasteiger partial charge in [0.1, 0.15) is 11.6 Å². The molecule has 0 saturated carbocycles. The van der Waals surface area contributed by atoms with Crippen LogP contribution in [0.1, 0.15) is 12.5 Å². The molecule has 1 aromatic carbocycles. The van der Waals surface area contributed by atoms with Crippen LogP contribution in [0.2, 0.25) is 0 Å². The van der Waals surface area contributed by atoms with Gasteiger partial charge in [-0.25, -0.2) is 8.78 Å². The van der Waals surface area contributed by atoms with Gasteiger partial charge in [0.05, 0.1) is 5.84 Å². The lowest BCUT2D eigenvalue weighted by Gasteiger charge is -2.20. The second-order valence-corrected chi connectivity index (χ2v) is 4.29. The highest BCUT2D eigenvalue weighted by atomic mass is 19.1. The predicted octanol–water partition coefficient (Wildman–Crippen LogP) is 1.97. The van der Waals surface area contributed by atoms with Crippen molar-refractivity contribution in [3.05, 3.63) is 35.4 Å². The molecule has 0 radical (unpaired) electrons. The van der Waals surface area contributed by atoms with Gasteiger partial charge in [-0.1, -0.05) is 6.92 Å². The number of benzene rings is 1. The molecule has 3 N–H and O–H groups in total. The minimum Gasteiger partial charge on any atom is -0.387 e. The summed E-state index contributed by atoms with van der Waals surface area (Å²) >= 11 is 0. The highest BCUT2D eigenvalue weighted by Crippen LogP contribution is 2.12. The van der Waals surface area contributed by atoms with Gasteiger partial charge in [0.25, 0.3) is 0 Å². The maximum Gasteiger partial charge on any atom is 0.127 e. The fourth-order valence-electron chi connectivity index (χ4n) is 1.59. The van der Waals surface area contributed by atoms with Crippen LogP contribution < -0.4 is 5.73 Å². The average Bonchev–Trinajstić information content (AvgIpc) is 2.23. The molecule has 0 amide bonds. The zero-order valence-corrected chi connectivity index (χ0v) is 10.0. The zero-order valence-electron chi connectivity index (χ0n) is 10.0. The summed E-state index contributed by atoms with van der Waals surface area (Å²) in [7, 11) is 1.78. The van der Waals surface area contributed by atoms with Gasteiger partial charge in [0.15, 0.2) is 0 Å². The van der Waals surface area contributed by atoms with E-state index >= 15 is 0 Å². The van der Waals surface area contributed by atoms with Crippen LogP contribution in [0.25, 0.3) is 0 Å². The number of halogens is 2. The van der Waals surface area contributed by atoms with Gasteiger partial charge in [-0.15, -0.1) is 0 Å². The third-order valence-electron chi connectivity index (χ3n) is 2.56. The molecule has 0 aromatic heterocycles. The Morgan fingerprint density at radius 2 is 2.12 bits per heavy atom. The van der Waals surface area contributed by atoms with Gasteiger partial charge in [0, 0.05) is 24.6 Å². The molecule has 0 heterocycles. The summed E-state index contributed by atoms with van der Waals surface area (Å²) < 4.78 is 26.3. The summed E-state index contributed by atoms with van der Waals surface area (Å²) in [6, 6.07) is 3.40.